The maximum absolute atomic E-state index is 6.19. The summed E-state index contributed by atoms with van der Waals surface area (Å²) in [5.41, 5.74) is 10.3. The van der Waals surface area contributed by atoms with Crippen molar-refractivity contribution in [3.8, 4) is 5.75 Å². The fourth-order valence-corrected chi connectivity index (χ4v) is 2.69. The number of rotatable bonds is 4. The number of para-hydroxylation sites is 1. The number of hydrogen-bond acceptors (Lipinski definition) is 4. The number of nitrogen functional groups attached to an aromatic ring is 1. The molecule has 118 valence electrons. The van der Waals surface area contributed by atoms with E-state index in [0.717, 1.165) is 33.5 Å². The lowest BCUT2D eigenvalue weighted by Crippen LogP contribution is -2.08. The fourth-order valence-electron chi connectivity index (χ4n) is 2.69. The Morgan fingerprint density at radius 1 is 1.04 bits per heavy atom. The van der Waals surface area contributed by atoms with Gasteiger partial charge in [0.2, 0.25) is 0 Å². The zero-order valence-electron chi connectivity index (χ0n) is 13.7. The van der Waals surface area contributed by atoms with Crippen molar-refractivity contribution in [2.45, 2.75) is 6.42 Å². The smallest absolute Gasteiger partial charge is 0.127 e. The molecule has 0 unspecified atom stereocenters. The molecule has 0 radical (unpaired) electrons. The van der Waals surface area contributed by atoms with Gasteiger partial charge in [0.25, 0.3) is 0 Å². The van der Waals surface area contributed by atoms with Gasteiger partial charge < -0.3 is 15.4 Å². The summed E-state index contributed by atoms with van der Waals surface area (Å²) < 4.78 is 5.42. The SMILES string of the molecule is COc1ccccc1Cc1cc2ccc(N(C)C)cc2nc1N. The normalized spacial score (nSPS) is 10.7. The van der Waals surface area contributed by atoms with E-state index < -0.39 is 0 Å². The van der Waals surface area contributed by atoms with Gasteiger partial charge in [-0.15, -0.1) is 0 Å². The molecule has 0 aliphatic heterocycles. The number of aromatic nitrogens is 1. The molecule has 0 saturated carbocycles. The van der Waals surface area contributed by atoms with Crippen molar-refractivity contribution in [3.63, 3.8) is 0 Å². The zero-order valence-corrected chi connectivity index (χ0v) is 13.7. The number of hydrogen-bond donors (Lipinski definition) is 1. The molecule has 0 aliphatic rings. The Balaban J connectivity index is 2.01. The van der Waals surface area contributed by atoms with Crippen molar-refractivity contribution in [1.29, 1.82) is 0 Å². The van der Waals surface area contributed by atoms with E-state index in [0.29, 0.717) is 12.2 Å². The lowest BCUT2D eigenvalue weighted by atomic mass is 10.0. The second-order valence-corrected chi connectivity index (χ2v) is 5.79. The number of ether oxygens (including phenoxy) is 1. The Bertz CT molecular complexity index is 843. The highest BCUT2D eigenvalue weighted by Crippen LogP contribution is 2.27. The predicted octanol–water partition coefficient (Wildman–Crippen LogP) is 3.48. The maximum atomic E-state index is 6.19. The molecule has 0 saturated heterocycles. The lowest BCUT2D eigenvalue weighted by Gasteiger charge is -2.14. The van der Waals surface area contributed by atoms with Gasteiger partial charge in [0, 0.05) is 31.6 Å². The van der Waals surface area contributed by atoms with Gasteiger partial charge in [-0.1, -0.05) is 24.3 Å². The molecule has 3 aromatic rings. The van der Waals surface area contributed by atoms with E-state index >= 15 is 0 Å². The predicted molar refractivity (Wildman–Crippen MR) is 96.3 cm³/mol. The van der Waals surface area contributed by atoms with Crippen LogP contribution in [0.5, 0.6) is 5.75 Å². The van der Waals surface area contributed by atoms with Gasteiger partial charge in [0.1, 0.15) is 11.6 Å². The Morgan fingerprint density at radius 3 is 2.57 bits per heavy atom. The second-order valence-electron chi connectivity index (χ2n) is 5.79. The van der Waals surface area contributed by atoms with E-state index in [1.807, 2.05) is 32.3 Å². The van der Waals surface area contributed by atoms with E-state index in [1.165, 1.54) is 0 Å². The third kappa shape index (κ3) is 3.06. The van der Waals surface area contributed by atoms with Crippen LogP contribution in [-0.2, 0) is 6.42 Å². The number of anilines is 2. The van der Waals surface area contributed by atoms with Gasteiger partial charge >= 0.3 is 0 Å². The second kappa shape index (κ2) is 6.16. The standard InChI is InChI=1S/C19H21N3O/c1-22(2)16-9-8-13-10-15(19(20)21-17(13)12-16)11-14-6-4-5-7-18(14)23-3/h4-10,12H,11H2,1-3H3,(H2,20,21). The molecular formula is C19H21N3O. The van der Waals surface area contributed by atoms with Crippen LogP contribution in [0.1, 0.15) is 11.1 Å². The van der Waals surface area contributed by atoms with E-state index in [2.05, 4.69) is 40.2 Å². The fraction of sp³-hybridized carbons (Fsp3) is 0.211. The average Bonchev–Trinajstić information content (AvgIpc) is 2.55. The van der Waals surface area contributed by atoms with Crippen LogP contribution in [0.3, 0.4) is 0 Å². The molecule has 0 atom stereocenters. The summed E-state index contributed by atoms with van der Waals surface area (Å²) in [6, 6.07) is 16.3. The molecule has 1 aromatic heterocycles. The first-order valence-corrected chi connectivity index (χ1v) is 7.57. The molecule has 2 aromatic carbocycles. The molecule has 1 heterocycles. The number of methoxy groups -OCH3 is 1. The van der Waals surface area contributed by atoms with Crippen molar-refractivity contribution < 1.29 is 4.74 Å². The average molecular weight is 307 g/mol. The summed E-state index contributed by atoms with van der Waals surface area (Å²) in [4.78, 5) is 6.64. The minimum Gasteiger partial charge on any atom is -0.496 e. The Morgan fingerprint density at radius 2 is 1.83 bits per heavy atom. The summed E-state index contributed by atoms with van der Waals surface area (Å²) >= 11 is 0. The summed E-state index contributed by atoms with van der Waals surface area (Å²) in [6.45, 7) is 0. The number of nitrogens with two attached hydrogens (primary N) is 1. The highest BCUT2D eigenvalue weighted by atomic mass is 16.5. The van der Waals surface area contributed by atoms with Gasteiger partial charge in [0.15, 0.2) is 0 Å². The van der Waals surface area contributed by atoms with Crippen molar-refractivity contribution in [2.24, 2.45) is 0 Å². The molecule has 3 rings (SSSR count). The van der Waals surface area contributed by atoms with Gasteiger partial charge in [-0.3, -0.25) is 0 Å². The minimum absolute atomic E-state index is 0.569. The first-order chi connectivity index (χ1) is 11.1. The Kier molecular flexibility index (Phi) is 4.06. The zero-order chi connectivity index (χ0) is 16.4. The van der Waals surface area contributed by atoms with Gasteiger partial charge in [0.05, 0.1) is 12.6 Å². The van der Waals surface area contributed by atoms with Crippen LogP contribution in [0, 0.1) is 0 Å². The largest absolute Gasteiger partial charge is 0.496 e. The lowest BCUT2D eigenvalue weighted by molar-refractivity contribution is 0.410. The molecule has 4 heteroatoms. The minimum atomic E-state index is 0.569. The van der Waals surface area contributed by atoms with Crippen LogP contribution in [0.4, 0.5) is 11.5 Å². The van der Waals surface area contributed by atoms with Crippen LogP contribution in [0.2, 0.25) is 0 Å². The monoisotopic (exact) mass is 307 g/mol. The molecule has 2 N–H and O–H groups in total. The van der Waals surface area contributed by atoms with Gasteiger partial charge in [-0.05, 0) is 35.4 Å². The molecule has 0 amide bonds. The van der Waals surface area contributed by atoms with Crippen LogP contribution in [0.15, 0.2) is 48.5 Å². The van der Waals surface area contributed by atoms with Crippen LogP contribution in [-0.4, -0.2) is 26.2 Å². The van der Waals surface area contributed by atoms with E-state index in [-0.39, 0.29) is 0 Å². The van der Waals surface area contributed by atoms with Crippen molar-refractivity contribution in [1.82, 2.24) is 4.98 Å². The number of nitrogens with zero attached hydrogens (tertiary/aromatic N) is 2. The molecule has 0 aliphatic carbocycles. The van der Waals surface area contributed by atoms with Crippen LogP contribution >= 0.6 is 0 Å². The van der Waals surface area contributed by atoms with Gasteiger partial charge in [-0.2, -0.15) is 0 Å². The highest BCUT2D eigenvalue weighted by molar-refractivity contribution is 5.84. The third-order valence-electron chi connectivity index (χ3n) is 4.00. The molecule has 4 nitrogen and oxygen atoms in total. The van der Waals surface area contributed by atoms with Crippen LogP contribution < -0.4 is 15.4 Å². The van der Waals surface area contributed by atoms with Crippen molar-refractivity contribution in [2.75, 3.05) is 31.8 Å². The molecule has 23 heavy (non-hydrogen) atoms. The molecule has 0 spiro atoms. The number of pyridine rings is 1. The van der Waals surface area contributed by atoms with E-state index in [1.54, 1.807) is 7.11 Å². The first-order valence-electron chi connectivity index (χ1n) is 7.57. The maximum Gasteiger partial charge on any atom is 0.127 e. The Hall–Kier alpha value is -2.75. The Labute approximate surface area is 136 Å². The first kappa shape index (κ1) is 15.2. The van der Waals surface area contributed by atoms with Gasteiger partial charge in [-0.25, -0.2) is 4.98 Å². The summed E-state index contributed by atoms with van der Waals surface area (Å²) in [6.07, 6.45) is 0.703. The number of fused-ring (bicyclic) bond motifs is 1. The topological polar surface area (TPSA) is 51.4 Å². The highest BCUT2D eigenvalue weighted by Gasteiger charge is 2.09. The molecule has 0 bridgehead atoms. The van der Waals surface area contributed by atoms with E-state index in [9.17, 15) is 0 Å². The van der Waals surface area contributed by atoms with Crippen molar-refractivity contribution in [3.05, 3.63) is 59.7 Å². The molecule has 0 fully saturated rings. The summed E-state index contributed by atoms with van der Waals surface area (Å²) in [5, 5.41) is 1.09. The van der Waals surface area contributed by atoms with Crippen LogP contribution in [0.25, 0.3) is 10.9 Å². The van der Waals surface area contributed by atoms with E-state index in [4.69, 9.17) is 10.5 Å². The third-order valence-corrected chi connectivity index (χ3v) is 4.00. The summed E-state index contributed by atoms with van der Waals surface area (Å²) in [5.74, 6) is 1.44. The quantitative estimate of drug-likeness (QED) is 0.801. The number of benzene rings is 2. The van der Waals surface area contributed by atoms with Crippen molar-refractivity contribution >= 4 is 22.4 Å². The molecular weight excluding hydrogens is 286 g/mol. The summed E-state index contributed by atoms with van der Waals surface area (Å²) in [7, 11) is 5.71.